The van der Waals surface area contributed by atoms with E-state index in [1.807, 2.05) is 6.92 Å². The molecule has 0 aliphatic rings. The first kappa shape index (κ1) is 12.9. The molecule has 0 spiro atoms. The Morgan fingerprint density at radius 1 is 1.43 bits per heavy atom. The zero-order valence-corrected chi connectivity index (χ0v) is 8.52. The SMILES string of the molecule is C=COC(=O)OC(COCC)OCC. The van der Waals surface area contributed by atoms with Crippen LogP contribution < -0.4 is 0 Å². The van der Waals surface area contributed by atoms with E-state index >= 15 is 0 Å². The fourth-order valence-corrected chi connectivity index (χ4v) is 0.719. The molecule has 0 aromatic carbocycles. The quantitative estimate of drug-likeness (QED) is 0.359. The molecule has 5 nitrogen and oxygen atoms in total. The van der Waals surface area contributed by atoms with Crippen molar-refractivity contribution in [3.63, 3.8) is 0 Å². The highest BCUT2D eigenvalue weighted by Crippen LogP contribution is 1.99. The Morgan fingerprint density at radius 2 is 2.14 bits per heavy atom. The van der Waals surface area contributed by atoms with E-state index in [-0.39, 0.29) is 6.61 Å². The summed E-state index contributed by atoms with van der Waals surface area (Å²) in [4.78, 5) is 10.8. The van der Waals surface area contributed by atoms with Crippen LogP contribution in [0.3, 0.4) is 0 Å². The summed E-state index contributed by atoms with van der Waals surface area (Å²) >= 11 is 0. The molecule has 1 atom stereocenters. The van der Waals surface area contributed by atoms with Crippen molar-refractivity contribution in [2.24, 2.45) is 0 Å². The Bertz CT molecular complexity index is 169. The standard InChI is InChI=1S/C9H16O5/c1-4-11-7-8(12-5-2)14-9(10)13-6-3/h6,8H,3-5,7H2,1-2H3. The van der Waals surface area contributed by atoms with Crippen LogP contribution in [-0.2, 0) is 18.9 Å². The molecule has 0 bridgehead atoms. The third kappa shape index (κ3) is 6.45. The van der Waals surface area contributed by atoms with Gasteiger partial charge in [-0.25, -0.2) is 4.79 Å². The van der Waals surface area contributed by atoms with Crippen LogP contribution in [0.25, 0.3) is 0 Å². The number of ether oxygens (including phenoxy) is 4. The molecule has 5 heteroatoms. The minimum Gasteiger partial charge on any atom is -0.404 e. The third-order valence-electron chi connectivity index (χ3n) is 1.22. The second-order valence-electron chi connectivity index (χ2n) is 2.20. The van der Waals surface area contributed by atoms with Gasteiger partial charge in [0.25, 0.3) is 0 Å². The third-order valence-corrected chi connectivity index (χ3v) is 1.22. The van der Waals surface area contributed by atoms with Gasteiger partial charge < -0.3 is 18.9 Å². The number of carbonyl (C=O) groups is 1. The van der Waals surface area contributed by atoms with Crippen LogP contribution in [0.5, 0.6) is 0 Å². The van der Waals surface area contributed by atoms with Crippen LogP contribution in [0, 0.1) is 0 Å². The van der Waals surface area contributed by atoms with E-state index in [1.54, 1.807) is 6.92 Å². The molecule has 0 saturated heterocycles. The van der Waals surface area contributed by atoms with Crippen molar-refractivity contribution in [2.45, 2.75) is 20.1 Å². The Morgan fingerprint density at radius 3 is 2.64 bits per heavy atom. The summed E-state index contributed by atoms with van der Waals surface area (Å²) < 4.78 is 19.2. The fraction of sp³-hybridized carbons (Fsp3) is 0.667. The molecule has 82 valence electrons. The highest BCUT2D eigenvalue weighted by Gasteiger charge is 2.14. The molecule has 1 unspecified atom stereocenters. The number of hydrogen-bond donors (Lipinski definition) is 0. The molecule has 0 amide bonds. The second kappa shape index (κ2) is 8.52. The Hall–Kier alpha value is -1.07. The average Bonchev–Trinajstić information content (AvgIpc) is 2.15. The van der Waals surface area contributed by atoms with Crippen LogP contribution in [-0.4, -0.2) is 32.3 Å². The first-order chi connectivity index (χ1) is 6.74. The molecular weight excluding hydrogens is 188 g/mol. The van der Waals surface area contributed by atoms with Crippen LogP contribution >= 0.6 is 0 Å². The van der Waals surface area contributed by atoms with E-state index in [2.05, 4.69) is 11.3 Å². The average molecular weight is 204 g/mol. The van der Waals surface area contributed by atoms with Gasteiger partial charge in [0, 0.05) is 13.2 Å². The monoisotopic (exact) mass is 204 g/mol. The zero-order valence-electron chi connectivity index (χ0n) is 8.52. The molecule has 14 heavy (non-hydrogen) atoms. The molecule has 0 aromatic heterocycles. The molecular formula is C9H16O5. The fourth-order valence-electron chi connectivity index (χ4n) is 0.719. The Labute approximate surface area is 83.6 Å². The van der Waals surface area contributed by atoms with E-state index < -0.39 is 12.4 Å². The van der Waals surface area contributed by atoms with Gasteiger partial charge in [0.2, 0.25) is 6.29 Å². The van der Waals surface area contributed by atoms with Crippen LogP contribution in [0.4, 0.5) is 4.79 Å². The lowest BCUT2D eigenvalue weighted by Crippen LogP contribution is -2.26. The lowest BCUT2D eigenvalue weighted by molar-refractivity contribution is -0.145. The highest BCUT2D eigenvalue weighted by atomic mass is 16.8. The molecule has 0 aliphatic carbocycles. The van der Waals surface area contributed by atoms with Gasteiger partial charge in [-0.2, -0.15) is 0 Å². The first-order valence-electron chi connectivity index (χ1n) is 4.42. The van der Waals surface area contributed by atoms with E-state index in [1.165, 1.54) is 0 Å². The van der Waals surface area contributed by atoms with Crippen molar-refractivity contribution >= 4 is 6.16 Å². The summed E-state index contributed by atoms with van der Waals surface area (Å²) in [5.41, 5.74) is 0. The van der Waals surface area contributed by atoms with Crippen molar-refractivity contribution < 1.29 is 23.7 Å². The number of carbonyl (C=O) groups excluding carboxylic acids is 1. The normalized spacial score (nSPS) is 11.9. The minimum absolute atomic E-state index is 0.191. The van der Waals surface area contributed by atoms with E-state index in [9.17, 15) is 4.79 Å². The molecule has 0 aliphatic heterocycles. The smallest absolute Gasteiger partial charge is 0.404 e. The molecule has 0 heterocycles. The highest BCUT2D eigenvalue weighted by molar-refractivity contribution is 5.60. The predicted molar refractivity (Wildman–Crippen MR) is 49.7 cm³/mol. The summed E-state index contributed by atoms with van der Waals surface area (Å²) in [6.07, 6.45) is -0.586. The maximum Gasteiger partial charge on any atom is 0.515 e. The largest absolute Gasteiger partial charge is 0.515 e. The second-order valence-corrected chi connectivity index (χ2v) is 2.20. The van der Waals surface area contributed by atoms with Gasteiger partial charge >= 0.3 is 6.16 Å². The summed E-state index contributed by atoms with van der Waals surface area (Å²) in [6.45, 7) is 8.00. The maximum absolute atomic E-state index is 10.8. The van der Waals surface area contributed by atoms with E-state index in [0.29, 0.717) is 13.2 Å². The number of rotatable bonds is 7. The van der Waals surface area contributed by atoms with Gasteiger partial charge in [-0.15, -0.1) is 0 Å². The maximum atomic E-state index is 10.8. The molecule has 0 aromatic rings. The summed E-state index contributed by atoms with van der Waals surface area (Å²) in [5, 5.41) is 0. The van der Waals surface area contributed by atoms with Crippen LogP contribution in [0.1, 0.15) is 13.8 Å². The van der Waals surface area contributed by atoms with Crippen LogP contribution in [0.2, 0.25) is 0 Å². The summed E-state index contributed by atoms with van der Waals surface area (Å²) in [7, 11) is 0. The van der Waals surface area contributed by atoms with Crippen LogP contribution in [0.15, 0.2) is 12.8 Å². The summed E-state index contributed by atoms with van der Waals surface area (Å²) in [5.74, 6) is 0. The first-order valence-corrected chi connectivity index (χ1v) is 4.42. The van der Waals surface area contributed by atoms with Crippen molar-refractivity contribution in [3.8, 4) is 0 Å². The van der Waals surface area contributed by atoms with Gasteiger partial charge in [0.05, 0.1) is 6.26 Å². The van der Waals surface area contributed by atoms with Crippen molar-refractivity contribution in [3.05, 3.63) is 12.8 Å². The number of hydrogen-bond acceptors (Lipinski definition) is 5. The summed E-state index contributed by atoms with van der Waals surface area (Å²) in [6, 6.07) is 0. The van der Waals surface area contributed by atoms with Gasteiger partial charge in [0.1, 0.15) is 6.61 Å². The predicted octanol–water partition coefficient (Wildman–Crippen LogP) is 1.68. The lowest BCUT2D eigenvalue weighted by atomic mass is 10.6. The van der Waals surface area contributed by atoms with E-state index in [4.69, 9.17) is 14.2 Å². The van der Waals surface area contributed by atoms with Gasteiger partial charge in [-0.3, -0.25) is 0 Å². The Kier molecular flexibility index (Phi) is 7.87. The van der Waals surface area contributed by atoms with Crippen molar-refractivity contribution in [2.75, 3.05) is 19.8 Å². The van der Waals surface area contributed by atoms with Crippen molar-refractivity contribution in [1.29, 1.82) is 0 Å². The van der Waals surface area contributed by atoms with Gasteiger partial charge in [-0.05, 0) is 13.8 Å². The van der Waals surface area contributed by atoms with E-state index in [0.717, 1.165) is 6.26 Å². The molecule has 0 rings (SSSR count). The molecule has 0 N–H and O–H groups in total. The van der Waals surface area contributed by atoms with Crippen molar-refractivity contribution in [1.82, 2.24) is 0 Å². The molecule has 0 radical (unpaired) electrons. The lowest BCUT2D eigenvalue weighted by Gasteiger charge is -2.15. The molecule has 0 saturated carbocycles. The zero-order chi connectivity index (χ0) is 10.8. The van der Waals surface area contributed by atoms with Gasteiger partial charge in [0.15, 0.2) is 0 Å². The Balaban J connectivity index is 3.81. The van der Waals surface area contributed by atoms with Gasteiger partial charge in [-0.1, -0.05) is 6.58 Å². The topological polar surface area (TPSA) is 54.0 Å². The minimum atomic E-state index is -0.849. The molecule has 0 fully saturated rings.